The number of hydrogen-bond acceptors (Lipinski definition) is 3. The fraction of sp³-hybridized carbons (Fsp3) is 0.400. The first kappa shape index (κ1) is 8.17. The largest absolute Gasteiger partial charge is 0.273 e. The number of amides is 1. The van der Waals surface area contributed by atoms with Crippen molar-refractivity contribution in [1.82, 2.24) is 5.43 Å². The summed E-state index contributed by atoms with van der Waals surface area (Å²) < 4.78 is 0. The molecule has 0 unspecified atom stereocenters. The highest BCUT2D eigenvalue weighted by atomic mass is 32.1. The SMILES string of the molecule is O=C1C[C@@H]2CCc3sccc3C2=NN1. The molecule has 0 aromatic carbocycles. The summed E-state index contributed by atoms with van der Waals surface area (Å²) in [4.78, 5) is 12.6. The Labute approximate surface area is 85.8 Å². The van der Waals surface area contributed by atoms with Crippen LogP contribution in [-0.4, -0.2) is 11.6 Å². The maximum absolute atomic E-state index is 11.2. The Hall–Kier alpha value is -1.16. The monoisotopic (exact) mass is 206 g/mol. The number of nitrogens with zero attached hydrogens (tertiary/aromatic N) is 1. The van der Waals surface area contributed by atoms with E-state index >= 15 is 0 Å². The Balaban J connectivity index is 2.08. The fourth-order valence-electron chi connectivity index (χ4n) is 2.17. The van der Waals surface area contributed by atoms with E-state index in [0.29, 0.717) is 12.3 Å². The number of thiophene rings is 1. The second-order valence-corrected chi connectivity index (χ2v) is 4.73. The Morgan fingerprint density at radius 1 is 1.57 bits per heavy atom. The molecule has 3 nitrogen and oxygen atoms in total. The molecule has 1 aromatic rings. The predicted octanol–water partition coefficient (Wildman–Crippen LogP) is 1.53. The summed E-state index contributed by atoms with van der Waals surface area (Å²) in [7, 11) is 0. The predicted molar refractivity (Wildman–Crippen MR) is 55.4 cm³/mol. The normalized spacial score (nSPS) is 24.7. The zero-order valence-corrected chi connectivity index (χ0v) is 8.43. The fourth-order valence-corrected chi connectivity index (χ4v) is 3.07. The molecule has 0 fully saturated rings. The minimum absolute atomic E-state index is 0.0532. The molecule has 1 aromatic heterocycles. The van der Waals surface area contributed by atoms with Crippen molar-refractivity contribution in [1.29, 1.82) is 0 Å². The van der Waals surface area contributed by atoms with Crippen LogP contribution in [0.15, 0.2) is 16.5 Å². The van der Waals surface area contributed by atoms with Crippen molar-refractivity contribution in [3.63, 3.8) is 0 Å². The molecule has 1 aliphatic heterocycles. The van der Waals surface area contributed by atoms with Gasteiger partial charge in [0.2, 0.25) is 5.91 Å². The van der Waals surface area contributed by atoms with Gasteiger partial charge < -0.3 is 0 Å². The molecular weight excluding hydrogens is 196 g/mol. The number of nitrogens with one attached hydrogen (secondary N) is 1. The van der Waals surface area contributed by atoms with E-state index in [2.05, 4.69) is 22.0 Å². The third-order valence-corrected chi connectivity index (χ3v) is 3.84. The second-order valence-electron chi connectivity index (χ2n) is 3.73. The van der Waals surface area contributed by atoms with Gasteiger partial charge in [0.25, 0.3) is 0 Å². The van der Waals surface area contributed by atoms with Gasteiger partial charge in [0.15, 0.2) is 0 Å². The van der Waals surface area contributed by atoms with E-state index in [1.807, 2.05) is 0 Å². The summed E-state index contributed by atoms with van der Waals surface area (Å²) in [6.45, 7) is 0. The maximum Gasteiger partial charge on any atom is 0.240 e. The van der Waals surface area contributed by atoms with Gasteiger partial charge in [-0.05, 0) is 24.3 Å². The first-order valence-corrected chi connectivity index (χ1v) is 5.66. The number of fused-ring (bicyclic) bond motifs is 3. The summed E-state index contributed by atoms with van der Waals surface area (Å²) in [5, 5.41) is 6.27. The average molecular weight is 206 g/mol. The highest BCUT2D eigenvalue weighted by Crippen LogP contribution is 2.32. The molecule has 0 spiro atoms. The highest BCUT2D eigenvalue weighted by molar-refractivity contribution is 7.10. The van der Waals surface area contributed by atoms with Crippen LogP contribution in [0.4, 0.5) is 0 Å². The molecule has 0 radical (unpaired) electrons. The van der Waals surface area contributed by atoms with Crippen LogP contribution in [0.3, 0.4) is 0 Å². The molecule has 0 saturated heterocycles. The van der Waals surface area contributed by atoms with Gasteiger partial charge in [-0.15, -0.1) is 11.3 Å². The van der Waals surface area contributed by atoms with Crippen molar-refractivity contribution in [2.45, 2.75) is 19.3 Å². The van der Waals surface area contributed by atoms with Crippen molar-refractivity contribution in [2.24, 2.45) is 11.0 Å². The number of rotatable bonds is 0. The molecule has 1 atom stereocenters. The Bertz CT molecular complexity index is 422. The number of aryl methyl sites for hydroxylation is 1. The van der Waals surface area contributed by atoms with Crippen molar-refractivity contribution < 1.29 is 4.79 Å². The molecule has 2 aliphatic rings. The zero-order valence-electron chi connectivity index (χ0n) is 7.62. The van der Waals surface area contributed by atoms with Gasteiger partial charge in [0.1, 0.15) is 0 Å². The summed E-state index contributed by atoms with van der Waals surface area (Å²) in [5.74, 6) is 0.406. The molecule has 1 aliphatic carbocycles. The first-order valence-electron chi connectivity index (χ1n) is 4.78. The quantitative estimate of drug-likeness (QED) is 0.687. The summed E-state index contributed by atoms with van der Waals surface area (Å²) in [6, 6.07) is 2.11. The van der Waals surface area contributed by atoms with Gasteiger partial charge in [0.05, 0.1) is 5.71 Å². The first-order chi connectivity index (χ1) is 6.84. The molecule has 1 N–H and O–H groups in total. The Kier molecular flexibility index (Phi) is 1.70. The van der Waals surface area contributed by atoms with Crippen LogP contribution in [-0.2, 0) is 11.2 Å². The molecule has 4 heteroatoms. The molecule has 0 saturated carbocycles. The van der Waals surface area contributed by atoms with Crippen molar-refractivity contribution in [2.75, 3.05) is 0 Å². The van der Waals surface area contributed by atoms with Crippen LogP contribution < -0.4 is 5.43 Å². The van der Waals surface area contributed by atoms with Crippen LogP contribution in [0.25, 0.3) is 0 Å². The summed E-state index contributed by atoms with van der Waals surface area (Å²) in [5.41, 5.74) is 4.91. The lowest BCUT2D eigenvalue weighted by atomic mass is 9.83. The van der Waals surface area contributed by atoms with Gasteiger partial charge in [-0.25, -0.2) is 5.43 Å². The third kappa shape index (κ3) is 1.10. The lowest BCUT2D eigenvalue weighted by Crippen LogP contribution is -2.35. The summed E-state index contributed by atoms with van der Waals surface area (Å²) >= 11 is 1.79. The number of carbonyl (C=O) groups is 1. The van der Waals surface area contributed by atoms with E-state index in [-0.39, 0.29) is 5.91 Å². The highest BCUT2D eigenvalue weighted by Gasteiger charge is 2.30. The second kappa shape index (κ2) is 2.92. The lowest BCUT2D eigenvalue weighted by molar-refractivity contribution is -0.122. The number of hydrogen-bond donors (Lipinski definition) is 1. The molecule has 1 amide bonds. The third-order valence-electron chi connectivity index (χ3n) is 2.86. The standard InChI is InChI=1S/C10H10N2OS/c13-9-5-6-1-2-8-7(3-4-14-8)10(6)12-11-9/h3-4,6H,1-2,5H2,(H,11,13)/t6-/m0/s1. The average Bonchev–Trinajstić information content (AvgIpc) is 2.65. The van der Waals surface area contributed by atoms with E-state index in [4.69, 9.17) is 0 Å². The lowest BCUT2D eigenvalue weighted by Gasteiger charge is -2.26. The van der Waals surface area contributed by atoms with E-state index < -0.39 is 0 Å². The smallest absolute Gasteiger partial charge is 0.240 e. The van der Waals surface area contributed by atoms with E-state index in [9.17, 15) is 4.79 Å². The molecule has 2 heterocycles. The Morgan fingerprint density at radius 3 is 3.43 bits per heavy atom. The van der Waals surface area contributed by atoms with Gasteiger partial charge in [0, 0.05) is 22.8 Å². The van der Waals surface area contributed by atoms with E-state index in [0.717, 1.165) is 18.6 Å². The zero-order chi connectivity index (χ0) is 9.54. The van der Waals surface area contributed by atoms with Crippen molar-refractivity contribution in [3.8, 4) is 0 Å². The van der Waals surface area contributed by atoms with Crippen LogP contribution in [0, 0.1) is 5.92 Å². The van der Waals surface area contributed by atoms with Crippen molar-refractivity contribution >= 4 is 23.0 Å². The topological polar surface area (TPSA) is 41.5 Å². The minimum atomic E-state index is 0.0532. The molecule has 72 valence electrons. The minimum Gasteiger partial charge on any atom is -0.273 e. The van der Waals surface area contributed by atoms with Crippen LogP contribution in [0.1, 0.15) is 23.3 Å². The van der Waals surface area contributed by atoms with E-state index in [1.54, 1.807) is 11.3 Å². The number of hydrazone groups is 1. The maximum atomic E-state index is 11.2. The van der Waals surface area contributed by atoms with Gasteiger partial charge in [-0.1, -0.05) is 0 Å². The van der Waals surface area contributed by atoms with Crippen LogP contribution in [0.2, 0.25) is 0 Å². The van der Waals surface area contributed by atoms with Crippen LogP contribution in [0.5, 0.6) is 0 Å². The summed E-state index contributed by atoms with van der Waals surface area (Å²) in [6.07, 6.45) is 2.78. The van der Waals surface area contributed by atoms with Crippen LogP contribution >= 0.6 is 11.3 Å². The van der Waals surface area contributed by atoms with Gasteiger partial charge in [-0.3, -0.25) is 4.79 Å². The molecule has 3 rings (SSSR count). The number of carbonyl (C=O) groups excluding carboxylic acids is 1. The van der Waals surface area contributed by atoms with Crippen molar-refractivity contribution in [3.05, 3.63) is 21.9 Å². The molecular formula is C10H10N2OS. The molecule has 14 heavy (non-hydrogen) atoms. The van der Waals surface area contributed by atoms with Gasteiger partial charge in [-0.2, -0.15) is 5.10 Å². The molecule has 0 bridgehead atoms. The Morgan fingerprint density at radius 2 is 2.50 bits per heavy atom. The van der Waals surface area contributed by atoms with Gasteiger partial charge >= 0.3 is 0 Å². The van der Waals surface area contributed by atoms with E-state index in [1.165, 1.54) is 10.4 Å².